The van der Waals surface area contributed by atoms with E-state index in [0.29, 0.717) is 12.5 Å². The van der Waals surface area contributed by atoms with Gasteiger partial charge in [0.1, 0.15) is 0 Å². The lowest BCUT2D eigenvalue weighted by molar-refractivity contribution is 0.267. The Hall–Kier alpha value is -1.24. The Kier molecular flexibility index (Phi) is 6.11. The molecule has 2 aromatic heterocycles. The van der Waals surface area contributed by atoms with Crippen LogP contribution in [0.2, 0.25) is 0 Å². The Bertz CT molecular complexity index is 603. The minimum Gasteiger partial charge on any atom is -0.394 e. The maximum absolute atomic E-state index is 9.05. The van der Waals surface area contributed by atoms with Crippen molar-refractivity contribution in [3.8, 4) is 0 Å². The average Bonchev–Trinajstić information content (AvgIpc) is 2.98. The Labute approximate surface area is 136 Å². The van der Waals surface area contributed by atoms with Crippen molar-refractivity contribution in [3.05, 3.63) is 33.0 Å². The van der Waals surface area contributed by atoms with Crippen LogP contribution in [-0.2, 0) is 26.1 Å². The molecule has 0 unspecified atom stereocenters. The average molecular weight is 322 g/mol. The number of nitrogens with one attached hydrogen (secondary N) is 1. The maximum atomic E-state index is 9.05. The molecule has 0 spiro atoms. The van der Waals surface area contributed by atoms with Gasteiger partial charge in [-0.2, -0.15) is 5.10 Å². The van der Waals surface area contributed by atoms with Crippen molar-refractivity contribution in [2.24, 2.45) is 5.92 Å². The van der Waals surface area contributed by atoms with E-state index in [0.717, 1.165) is 30.9 Å². The Balaban J connectivity index is 1.90. The Morgan fingerprint density at radius 2 is 2.09 bits per heavy atom. The summed E-state index contributed by atoms with van der Waals surface area (Å²) in [5.41, 5.74) is 3.38. The zero-order chi connectivity index (χ0) is 16.1. The van der Waals surface area contributed by atoms with Gasteiger partial charge >= 0.3 is 0 Å². The first-order valence-corrected chi connectivity index (χ1v) is 8.61. The number of aromatic nitrogens is 3. The van der Waals surface area contributed by atoms with Crippen LogP contribution in [0.5, 0.6) is 0 Å². The molecular formula is C16H26N4OS. The molecule has 0 saturated heterocycles. The highest BCUT2D eigenvalue weighted by atomic mass is 32.1. The smallest absolute Gasteiger partial charge is 0.0930 e. The van der Waals surface area contributed by atoms with Crippen LogP contribution in [-0.4, -0.2) is 26.5 Å². The zero-order valence-corrected chi connectivity index (χ0v) is 14.7. The predicted octanol–water partition coefficient (Wildman–Crippen LogP) is 2.44. The summed E-state index contributed by atoms with van der Waals surface area (Å²) in [4.78, 5) is 5.75. The quantitative estimate of drug-likeness (QED) is 0.783. The number of thiazole rings is 1. The lowest BCUT2D eigenvalue weighted by Crippen LogP contribution is -2.13. The van der Waals surface area contributed by atoms with Gasteiger partial charge in [-0.15, -0.1) is 11.3 Å². The van der Waals surface area contributed by atoms with Gasteiger partial charge in [0.25, 0.3) is 0 Å². The molecule has 0 radical (unpaired) electrons. The number of rotatable bonds is 8. The summed E-state index contributed by atoms with van der Waals surface area (Å²) >= 11 is 1.79. The van der Waals surface area contributed by atoms with Crippen LogP contribution < -0.4 is 5.32 Å². The predicted molar refractivity (Wildman–Crippen MR) is 90.0 cm³/mol. The molecule has 2 rings (SSSR count). The highest BCUT2D eigenvalue weighted by Crippen LogP contribution is 2.17. The standard InChI is InChI=1S/C16H26N4OS/c1-11(2)7-16-18-9-14(22-16)8-17-10-15-12(3)19-20(5-6-21)13(15)4/h9,11,17,21H,5-8,10H2,1-4H3. The molecule has 5 nitrogen and oxygen atoms in total. The van der Waals surface area contributed by atoms with Gasteiger partial charge in [-0.05, 0) is 19.8 Å². The zero-order valence-electron chi connectivity index (χ0n) is 13.9. The molecule has 2 heterocycles. The maximum Gasteiger partial charge on any atom is 0.0930 e. The highest BCUT2D eigenvalue weighted by Gasteiger charge is 2.11. The second-order valence-electron chi connectivity index (χ2n) is 6.02. The Morgan fingerprint density at radius 3 is 2.77 bits per heavy atom. The number of nitrogens with zero attached hydrogens (tertiary/aromatic N) is 3. The molecule has 22 heavy (non-hydrogen) atoms. The summed E-state index contributed by atoms with van der Waals surface area (Å²) in [5, 5.41) is 18.2. The molecule has 0 aliphatic rings. The first-order valence-electron chi connectivity index (χ1n) is 7.79. The van der Waals surface area contributed by atoms with Gasteiger partial charge in [-0.3, -0.25) is 4.68 Å². The number of aryl methyl sites for hydroxylation is 1. The fourth-order valence-corrected chi connectivity index (χ4v) is 3.59. The fraction of sp³-hybridized carbons (Fsp3) is 0.625. The normalized spacial score (nSPS) is 11.5. The lowest BCUT2D eigenvalue weighted by atomic mass is 10.1. The van der Waals surface area contributed by atoms with Crippen LogP contribution in [0, 0.1) is 19.8 Å². The molecule has 0 amide bonds. The Morgan fingerprint density at radius 1 is 1.32 bits per heavy atom. The van der Waals surface area contributed by atoms with Gasteiger partial charge in [0.2, 0.25) is 0 Å². The summed E-state index contributed by atoms with van der Waals surface area (Å²) in [6, 6.07) is 0. The van der Waals surface area contributed by atoms with E-state index in [1.54, 1.807) is 11.3 Å². The topological polar surface area (TPSA) is 63.0 Å². The third-order valence-electron chi connectivity index (χ3n) is 3.63. The molecule has 122 valence electrons. The van der Waals surface area contributed by atoms with Gasteiger partial charge in [-0.25, -0.2) is 4.98 Å². The van der Waals surface area contributed by atoms with Crippen molar-refractivity contribution in [1.29, 1.82) is 0 Å². The summed E-state index contributed by atoms with van der Waals surface area (Å²) < 4.78 is 1.87. The van der Waals surface area contributed by atoms with Crippen LogP contribution in [0.4, 0.5) is 0 Å². The van der Waals surface area contributed by atoms with Gasteiger partial charge < -0.3 is 10.4 Å². The fourth-order valence-electron chi connectivity index (χ4n) is 2.49. The molecule has 6 heteroatoms. The highest BCUT2D eigenvalue weighted by molar-refractivity contribution is 7.11. The first-order chi connectivity index (χ1) is 10.5. The van der Waals surface area contributed by atoms with Crippen LogP contribution in [0.25, 0.3) is 0 Å². The van der Waals surface area contributed by atoms with Crippen molar-refractivity contribution in [3.63, 3.8) is 0 Å². The molecule has 0 aliphatic carbocycles. The number of hydrogen-bond donors (Lipinski definition) is 2. The number of aliphatic hydroxyl groups is 1. The SMILES string of the molecule is Cc1nn(CCO)c(C)c1CNCc1cnc(CC(C)C)s1. The van der Waals surface area contributed by atoms with Crippen LogP contribution in [0.1, 0.15) is 40.7 Å². The second kappa shape index (κ2) is 7.85. The van der Waals surface area contributed by atoms with E-state index in [1.165, 1.54) is 15.4 Å². The monoisotopic (exact) mass is 322 g/mol. The van der Waals surface area contributed by atoms with E-state index >= 15 is 0 Å². The van der Waals surface area contributed by atoms with Crippen molar-refractivity contribution in [2.75, 3.05) is 6.61 Å². The summed E-state index contributed by atoms with van der Waals surface area (Å²) in [6.45, 7) is 10.8. The summed E-state index contributed by atoms with van der Waals surface area (Å²) in [5.74, 6) is 0.648. The molecule has 0 saturated carbocycles. The molecule has 0 aromatic carbocycles. The molecule has 0 bridgehead atoms. The van der Waals surface area contributed by atoms with Crippen molar-refractivity contribution in [2.45, 2.75) is 53.8 Å². The van der Waals surface area contributed by atoms with Gasteiger partial charge in [-0.1, -0.05) is 13.8 Å². The van der Waals surface area contributed by atoms with E-state index in [4.69, 9.17) is 5.11 Å². The number of hydrogen-bond acceptors (Lipinski definition) is 5. The first kappa shape index (κ1) is 17.1. The van der Waals surface area contributed by atoms with Crippen LogP contribution in [0.15, 0.2) is 6.20 Å². The van der Waals surface area contributed by atoms with E-state index in [2.05, 4.69) is 36.2 Å². The molecular weight excluding hydrogens is 296 g/mol. The third kappa shape index (κ3) is 4.38. The minimum atomic E-state index is 0.119. The van der Waals surface area contributed by atoms with E-state index in [1.807, 2.05) is 17.8 Å². The van der Waals surface area contributed by atoms with E-state index in [-0.39, 0.29) is 6.61 Å². The van der Waals surface area contributed by atoms with Gasteiger partial charge in [0.15, 0.2) is 0 Å². The van der Waals surface area contributed by atoms with Gasteiger partial charge in [0, 0.05) is 41.8 Å². The summed E-state index contributed by atoms with van der Waals surface area (Å²) in [6.07, 6.45) is 3.03. The molecule has 2 N–H and O–H groups in total. The number of aliphatic hydroxyl groups excluding tert-OH is 1. The minimum absolute atomic E-state index is 0.119. The van der Waals surface area contributed by atoms with Crippen molar-refractivity contribution in [1.82, 2.24) is 20.1 Å². The molecule has 0 fully saturated rings. The lowest BCUT2D eigenvalue weighted by Gasteiger charge is -2.05. The second-order valence-corrected chi connectivity index (χ2v) is 7.22. The summed E-state index contributed by atoms with van der Waals surface area (Å²) in [7, 11) is 0. The van der Waals surface area contributed by atoms with Crippen LogP contribution >= 0.6 is 11.3 Å². The molecule has 0 aliphatic heterocycles. The third-order valence-corrected chi connectivity index (χ3v) is 4.65. The van der Waals surface area contributed by atoms with Gasteiger partial charge in [0.05, 0.1) is 23.9 Å². The molecule has 0 atom stereocenters. The van der Waals surface area contributed by atoms with Crippen LogP contribution in [0.3, 0.4) is 0 Å². The van der Waals surface area contributed by atoms with E-state index < -0.39 is 0 Å². The molecule has 2 aromatic rings. The van der Waals surface area contributed by atoms with E-state index in [9.17, 15) is 0 Å². The van der Waals surface area contributed by atoms with Crippen molar-refractivity contribution < 1.29 is 5.11 Å². The largest absolute Gasteiger partial charge is 0.394 e. The van der Waals surface area contributed by atoms with Crippen molar-refractivity contribution >= 4 is 11.3 Å².